The molecule has 0 unspecified atom stereocenters. The molecule has 84 valence electrons. The molecule has 0 spiro atoms. The molecule has 0 aromatic carbocycles. The zero-order chi connectivity index (χ0) is 11.4. The third-order valence-electron chi connectivity index (χ3n) is 2.22. The summed E-state index contributed by atoms with van der Waals surface area (Å²) in [6.45, 7) is 1.29. The van der Waals surface area contributed by atoms with Crippen molar-refractivity contribution in [1.82, 2.24) is 19.7 Å². The van der Waals surface area contributed by atoms with Gasteiger partial charge in [-0.15, -0.1) is 0 Å². The summed E-state index contributed by atoms with van der Waals surface area (Å²) in [4.78, 5) is 3.97. The Bertz CT molecular complexity index is 505. The number of hydrogen-bond donors (Lipinski definition) is 1. The van der Waals surface area contributed by atoms with Crippen LogP contribution in [0.1, 0.15) is 0 Å². The summed E-state index contributed by atoms with van der Waals surface area (Å²) in [5, 5.41) is 6.99. The second-order valence-corrected chi connectivity index (χ2v) is 3.62. The first-order valence-corrected chi connectivity index (χ1v) is 5.28. The number of pyridine rings is 1. The van der Waals surface area contributed by atoms with Gasteiger partial charge in [0.15, 0.2) is 10.6 Å². The molecule has 2 aromatic heterocycles. The standard InChI is InChI=1S/C10H12N4OS/c1-15-7-6-14-9(12-13-10(14)16)8-2-4-11-5-3-8/h2-5H,6-7H2,1H3,(H,13,16). The van der Waals surface area contributed by atoms with Crippen molar-refractivity contribution in [3.8, 4) is 11.4 Å². The van der Waals surface area contributed by atoms with Crippen LogP contribution in [0.5, 0.6) is 0 Å². The van der Waals surface area contributed by atoms with Crippen LogP contribution in [0.4, 0.5) is 0 Å². The van der Waals surface area contributed by atoms with E-state index < -0.39 is 0 Å². The number of nitrogens with zero attached hydrogens (tertiary/aromatic N) is 3. The highest BCUT2D eigenvalue weighted by atomic mass is 32.1. The van der Waals surface area contributed by atoms with Crippen LogP contribution in [0.3, 0.4) is 0 Å². The zero-order valence-electron chi connectivity index (χ0n) is 8.88. The summed E-state index contributed by atoms with van der Waals surface area (Å²) in [6, 6.07) is 3.79. The van der Waals surface area contributed by atoms with E-state index >= 15 is 0 Å². The number of nitrogens with one attached hydrogen (secondary N) is 1. The van der Waals surface area contributed by atoms with Crippen molar-refractivity contribution < 1.29 is 4.74 Å². The molecule has 2 rings (SSSR count). The Hall–Kier alpha value is -1.53. The van der Waals surface area contributed by atoms with Gasteiger partial charge < -0.3 is 4.74 Å². The first-order valence-electron chi connectivity index (χ1n) is 4.87. The molecule has 1 N–H and O–H groups in total. The summed E-state index contributed by atoms with van der Waals surface area (Å²) >= 11 is 5.16. The van der Waals surface area contributed by atoms with E-state index in [1.807, 2.05) is 16.7 Å². The van der Waals surface area contributed by atoms with Gasteiger partial charge in [-0.2, -0.15) is 5.10 Å². The number of aromatic amines is 1. The smallest absolute Gasteiger partial charge is 0.195 e. The fraction of sp³-hybridized carbons (Fsp3) is 0.300. The monoisotopic (exact) mass is 236 g/mol. The molecule has 0 atom stereocenters. The van der Waals surface area contributed by atoms with Crippen molar-refractivity contribution in [2.75, 3.05) is 13.7 Å². The third-order valence-corrected chi connectivity index (χ3v) is 2.53. The maximum atomic E-state index is 5.16. The summed E-state index contributed by atoms with van der Waals surface area (Å²) in [5.74, 6) is 0.810. The van der Waals surface area contributed by atoms with Crippen molar-refractivity contribution in [2.24, 2.45) is 0 Å². The minimum atomic E-state index is 0.601. The largest absolute Gasteiger partial charge is 0.383 e. The van der Waals surface area contributed by atoms with Gasteiger partial charge in [0.25, 0.3) is 0 Å². The van der Waals surface area contributed by atoms with Gasteiger partial charge in [-0.3, -0.25) is 14.6 Å². The van der Waals surface area contributed by atoms with Crippen LogP contribution < -0.4 is 0 Å². The fourth-order valence-electron chi connectivity index (χ4n) is 1.43. The van der Waals surface area contributed by atoms with Crippen LogP contribution in [-0.4, -0.2) is 33.5 Å². The lowest BCUT2D eigenvalue weighted by Gasteiger charge is -2.05. The van der Waals surface area contributed by atoms with Crippen molar-refractivity contribution in [1.29, 1.82) is 0 Å². The normalized spacial score (nSPS) is 10.6. The van der Waals surface area contributed by atoms with Crippen LogP contribution >= 0.6 is 12.2 Å². The Morgan fingerprint density at radius 1 is 1.44 bits per heavy atom. The quantitative estimate of drug-likeness (QED) is 0.820. The van der Waals surface area contributed by atoms with Crippen molar-refractivity contribution in [3.05, 3.63) is 29.3 Å². The first-order chi connectivity index (χ1) is 7.83. The SMILES string of the molecule is COCCn1c(-c2ccncc2)n[nH]c1=S. The maximum Gasteiger partial charge on any atom is 0.195 e. The molecule has 2 heterocycles. The first kappa shape index (κ1) is 11.0. The molecule has 16 heavy (non-hydrogen) atoms. The lowest BCUT2D eigenvalue weighted by atomic mass is 10.2. The Balaban J connectivity index is 2.38. The topological polar surface area (TPSA) is 55.7 Å². The number of ether oxygens (including phenoxy) is 1. The molecule has 0 saturated heterocycles. The summed E-state index contributed by atoms with van der Waals surface area (Å²) in [5.41, 5.74) is 0.985. The molecular weight excluding hydrogens is 224 g/mol. The van der Waals surface area contributed by atoms with Crippen LogP contribution in [0, 0.1) is 4.77 Å². The number of aromatic nitrogens is 4. The Morgan fingerprint density at radius 2 is 2.19 bits per heavy atom. The molecule has 0 aliphatic heterocycles. The van der Waals surface area contributed by atoms with Gasteiger partial charge in [0.2, 0.25) is 0 Å². The number of hydrogen-bond acceptors (Lipinski definition) is 4. The van der Waals surface area contributed by atoms with E-state index in [2.05, 4.69) is 15.2 Å². The average molecular weight is 236 g/mol. The molecule has 0 saturated carbocycles. The highest BCUT2D eigenvalue weighted by Gasteiger charge is 2.07. The molecule has 2 aromatic rings. The van der Waals surface area contributed by atoms with Gasteiger partial charge >= 0.3 is 0 Å². The van der Waals surface area contributed by atoms with Crippen molar-refractivity contribution >= 4 is 12.2 Å². The molecular formula is C10H12N4OS. The maximum absolute atomic E-state index is 5.16. The van der Waals surface area contributed by atoms with Gasteiger partial charge in [0.05, 0.1) is 13.2 Å². The van der Waals surface area contributed by atoms with E-state index in [4.69, 9.17) is 17.0 Å². The summed E-state index contributed by atoms with van der Waals surface area (Å²) < 4.78 is 7.55. The van der Waals surface area contributed by atoms with Crippen LogP contribution in [0.15, 0.2) is 24.5 Å². The van der Waals surface area contributed by atoms with E-state index in [9.17, 15) is 0 Å². The van der Waals surface area contributed by atoms with E-state index in [-0.39, 0.29) is 0 Å². The lowest BCUT2D eigenvalue weighted by Crippen LogP contribution is -2.06. The second kappa shape index (κ2) is 5.00. The second-order valence-electron chi connectivity index (χ2n) is 3.23. The summed E-state index contributed by atoms with van der Waals surface area (Å²) in [7, 11) is 1.66. The van der Waals surface area contributed by atoms with E-state index in [0.717, 1.165) is 11.4 Å². The van der Waals surface area contributed by atoms with Crippen LogP contribution in [0.25, 0.3) is 11.4 Å². The Morgan fingerprint density at radius 3 is 2.88 bits per heavy atom. The number of rotatable bonds is 4. The molecule has 0 bridgehead atoms. The number of H-pyrrole nitrogens is 1. The van der Waals surface area contributed by atoms with Gasteiger partial charge in [-0.05, 0) is 24.4 Å². The predicted octanol–water partition coefficient (Wildman–Crippen LogP) is 1.65. The minimum Gasteiger partial charge on any atom is -0.383 e. The van der Waals surface area contributed by atoms with Gasteiger partial charge in [-0.25, -0.2) is 0 Å². The molecule has 0 aliphatic carbocycles. The molecule has 0 amide bonds. The Labute approximate surface area is 98.1 Å². The van der Waals surface area contributed by atoms with Gasteiger partial charge in [0, 0.05) is 25.1 Å². The van der Waals surface area contributed by atoms with Crippen LogP contribution in [-0.2, 0) is 11.3 Å². The van der Waals surface area contributed by atoms with Crippen molar-refractivity contribution in [2.45, 2.75) is 6.54 Å². The molecule has 5 nitrogen and oxygen atoms in total. The Kier molecular flexibility index (Phi) is 3.43. The molecule has 0 fully saturated rings. The zero-order valence-corrected chi connectivity index (χ0v) is 9.70. The fourth-order valence-corrected chi connectivity index (χ4v) is 1.65. The molecule has 0 aliphatic rings. The molecule has 6 heteroatoms. The van der Waals surface area contributed by atoms with Gasteiger partial charge in [0.1, 0.15) is 0 Å². The van der Waals surface area contributed by atoms with Crippen molar-refractivity contribution in [3.63, 3.8) is 0 Å². The van der Waals surface area contributed by atoms with E-state index in [1.165, 1.54) is 0 Å². The average Bonchev–Trinajstić information content (AvgIpc) is 2.69. The third kappa shape index (κ3) is 2.17. The lowest BCUT2D eigenvalue weighted by molar-refractivity contribution is 0.187. The minimum absolute atomic E-state index is 0.601. The summed E-state index contributed by atoms with van der Waals surface area (Å²) in [6.07, 6.45) is 3.46. The predicted molar refractivity (Wildman–Crippen MR) is 62.5 cm³/mol. The van der Waals surface area contributed by atoms with Crippen LogP contribution in [0.2, 0.25) is 0 Å². The molecule has 0 radical (unpaired) electrons. The van der Waals surface area contributed by atoms with E-state index in [1.54, 1.807) is 19.5 Å². The van der Waals surface area contributed by atoms with Gasteiger partial charge in [-0.1, -0.05) is 0 Å². The highest BCUT2D eigenvalue weighted by Crippen LogP contribution is 2.15. The van der Waals surface area contributed by atoms with E-state index in [0.29, 0.717) is 17.9 Å². The highest BCUT2D eigenvalue weighted by molar-refractivity contribution is 7.71. The number of methoxy groups -OCH3 is 1.